The molecule has 13 heavy (non-hydrogen) atoms. The quantitative estimate of drug-likeness (QED) is 0.633. The highest BCUT2D eigenvalue weighted by atomic mass is 14.7. The van der Waals surface area contributed by atoms with E-state index < -0.39 is 0 Å². The Morgan fingerprint density at radius 1 is 1.08 bits per heavy atom. The zero-order valence-electron chi connectivity index (χ0n) is 7.27. The minimum Gasteiger partial charge on any atom is -0.320 e. The first kappa shape index (κ1) is 7.10. The van der Waals surface area contributed by atoms with E-state index in [1.54, 1.807) is 0 Å². The molecule has 2 N–H and O–H groups in total. The van der Waals surface area contributed by atoms with Crippen LogP contribution in [0.25, 0.3) is 0 Å². The fraction of sp³-hybridized carbons (Fsp3) is 0.167. The van der Waals surface area contributed by atoms with Crippen LogP contribution in [0.2, 0.25) is 0 Å². The number of hydrogen-bond donors (Lipinski definition) is 1. The van der Waals surface area contributed by atoms with Gasteiger partial charge in [0.2, 0.25) is 0 Å². The van der Waals surface area contributed by atoms with Gasteiger partial charge < -0.3 is 5.73 Å². The molecule has 2 atom stereocenters. The SMILES string of the molecule is NC1C2=CC=CC2c2ccccc21. The van der Waals surface area contributed by atoms with E-state index in [9.17, 15) is 0 Å². The molecule has 3 rings (SSSR count). The van der Waals surface area contributed by atoms with Gasteiger partial charge in [0, 0.05) is 5.92 Å². The summed E-state index contributed by atoms with van der Waals surface area (Å²) in [7, 11) is 0. The molecule has 0 heterocycles. The molecule has 0 saturated carbocycles. The van der Waals surface area contributed by atoms with E-state index in [1.165, 1.54) is 16.7 Å². The van der Waals surface area contributed by atoms with Crippen LogP contribution in [0.4, 0.5) is 0 Å². The lowest BCUT2D eigenvalue weighted by Crippen LogP contribution is -2.07. The Labute approximate surface area is 77.6 Å². The summed E-state index contributed by atoms with van der Waals surface area (Å²) < 4.78 is 0. The van der Waals surface area contributed by atoms with E-state index in [1.807, 2.05) is 0 Å². The Kier molecular flexibility index (Phi) is 1.27. The molecular formula is C12H11N. The van der Waals surface area contributed by atoms with Crippen LogP contribution in [0.15, 0.2) is 48.1 Å². The van der Waals surface area contributed by atoms with Crippen LogP contribution in [0.3, 0.4) is 0 Å². The minimum absolute atomic E-state index is 0.121. The van der Waals surface area contributed by atoms with Gasteiger partial charge in [-0.2, -0.15) is 0 Å². The molecule has 2 unspecified atom stereocenters. The van der Waals surface area contributed by atoms with Crippen molar-refractivity contribution in [2.75, 3.05) is 0 Å². The summed E-state index contributed by atoms with van der Waals surface area (Å²) in [6, 6.07) is 8.57. The van der Waals surface area contributed by atoms with Crippen LogP contribution in [0, 0.1) is 0 Å². The maximum Gasteiger partial charge on any atom is 0.0526 e. The lowest BCUT2D eigenvalue weighted by Gasteiger charge is -2.05. The van der Waals surface area contributed by atoms with Crippen LogP contribution in [-0.4, -0.2) is 0 Å². The standard InChI is InChI=1S/C12H11N/c13-12-10-5-2-1-4-8(10)9-6-3-7-11(9)12/h1-7,9,12H,13H2. The molecule has 64 valence electrons. The molecule has 0 aliphatic heterocycles. The summed E-state index contributed by atoms with van der Waals surface area (Å²) in [5, 5.41) is 0. The van der Waals surface area contributed by atoms with E-state index in [0.29, 0.717) is 5.92 Å². The summed E-state index contributed by atoms with van der Waals surface area (Å²) in [4.78, 5) is 0. The minimum atomic E-state index is 0.121. The Bertz CT molecular complexity index is 415. The summed E-state index contributed by atoms with van der Waals surface area (Å²) in [5.41, 5.74) is 10.2. The van der Waals surface area contributed by atoms with E-state index in [-0.39, 0.29) is 6.04 Å². The van der Waals surface area contributed by atoms with E-state index >= 15 is 0 Å². The second-order valence-corrected chi connectivity index (χ2v) is 3.64. The monoisotopic (exact) mass is 169 g/mol. The Morgan fingerprint density at radius 3 is 2.69 bits per heavy atom. The second-order valence-electron chi connectivity index (χ2n) is 3.64. The van der Waals surface area contributed by atoms with Crippen LogP contribution >= 0.6 is 0 Å². The summed E-state index contributed by atoms with van der Waals surface area (Å²) >= 11 is 0. The molecular weight excluding hydrogens is 158 g/mol. The lowest BCUT2D eigenvalue weighted by molar-refractivity contribution is 0.859. The molecule has 1 nitrogen and oxygen atoms in total. The maximum absolute atomic E-state index is 6.12. The van der Waals surface area contributed by atoms with Crippen molar-refractivity contribution in [1.82, 2.24) is 0 Å². The van der Waals surface area contributed by atoms with Crippen molar-refractivity contribution in [3.63, 3.8) is 0 Å². The van der Waals surface area contributed by atoms with E-state index in [2.05, 4.69) is 42.5 Å². The third-order valence-electron chi connectivity index (χ3n) is 2.98. The number of hydrogen-bond acceptors (Lipinski definition) is 1. The van der Waals surface area contributed by atoms with Gasteiger partial charge in [-0.1, -0.05) is 42.5 Å². The predicted molar refractivity (Wildman–Crippen MR) is 53.3 cm³/mol. The van der Waals surface area contributed by atoms with Gasteiger partial charge in [-0.05, 0) is 16.7 Å². The van der Waals surface area contributed by atoms with Gasteiger partial charge in [0.15, 0.2) is 0 Å². The summed E-state index contributed by atoms with van der Waals surface area (Å²) in [5.74, 6) is 0.464. The molecule has 0 radical (unpaired) electrons. The van der Waals surface area contributed by atoms with E-state index in [0.717, 1.165) is 0 Å². The van der Waals surface area contributed by atoms with E-state index in [4.69, 9.17) is 5.73 Å². The third-order valence-corrected chi connectivity index (χ3v) is 2.98. The fourth-order valence-electron chi connectivity index (χ4n) is 2.33. The van der Waals surface area contributed by atoms with Gasteiger partial charge in [0.05, 0.1) is 6.04 Å². The molecule has 0 aromatic heterocycles. The Morgan fingerprint density at radius 2 is 1.85 bits per heavy atom. The van der Waals surface area contributed by atoms with Crippen molar-refractivity contribution >= 4 is 0 Å². The summed E-state index contributed by atoms with van der Waals surface area (Å²) in [6.07, 6.45) is 6.48. The third kappa shape index (κ3) is 0.798. The first-order valence-electron chi connectivity index (χ1n) is 4.60. The van der Waals surface area contributed by atoms with Crippen molar-refractivity contribution in [3.8, 4) is 0 Å². The molecule has 0 amide bonds. The topological polar surface area (TPSA) is 26.0 Å². The number of nitrogens with two attached hydrogens (primary N) is 1. The molecule has 0 spiro atoms. The van der Waals surface area contributed by atoms with Crippen LogP contribution in [-0.2, 0) is 0 Å². The zero-order chi connectivity index (χ0) is 8.84. The highest BCUT2D eigenvalue weighted by Crippen LogP contribution is 2.46. The van der Waals surface area contributed by atoms with Gasteiger partial charge in [-0.3, -0.25) is 0 Å². The van der Waals surface area contributed by atoms with Gasteiger partial charge in [-0.25, -0.2) is 0 Å². The van der Waals surface area contributed by atoms with Crippen LogP contribution in [0.1, 0.15) is 23.1 Å². The van der Waals surface area contributed by atoms with Crippen molar-refractivity contribution in [2.24, 2.45) is 5.73 Å². The van der Waals surface area contributed by atoms with Gasteiger partial charge in [-0.15, -0.1) is 0 Å². The van der Waals surface area contributed by atoms with Crippen molar-refractivity contribution in [3.05, 3.63) is 59.2 Å². The number of allylic oxidation sites excluding steroid dienone is 3. The zero-order valence-corrected chi connectivity index (χ0v) is 7.27. The predicted octanol–water partition coefficient (Wildman–Crippen LogP) is 2.28. The normalized spacial score (nSPS) is 28.5. The number of benzene rings is 1. The van der Waals surface area contributed by atoms with Crippen LogP contribution < -0.4 is 5.73 Å². The second kappa shape index (κ2) is 2.33. The van der Waals surface area contributed by atoms with Gasteiger partial charge >= 0.3 is 0 Å². The molecule has 2 aliphatic rings. The molecule has 1 heteroatoms. The highest BCUT2D eigenvalue weighted by molar-refractivity contribution is 5.55. The molecule has 2 aliphatic carbocycles. The van der Waals surface area contributed by atoms with Gasteiger partial charge in [0.25, 0.3) is 0 Å². The Hall–Kier alpha value is -1.34. The van der Waals surface area contributed by atoms with Crippen LogP contribution in [0.5, 0.6) is 0 Å². The Balaban J connectivity index is 2.25. The molecule has 1 aromatic carbocycles. The first-order chi connectivity index (χ1) is 6.38. The van der Waals surface area contributed by atoms with Crippen molar-refractivity contribution in [2.45, 2.75) is 12.0 Å². The molecule has 0 saturated heterocycles. The summed E-state index contributed by atoms with van der Waals surface area (Å²) in [6.45, 7) is 0. The van der Waals surface area contributed by atoms with Crippen molar-refractivity contribution in [1.29, 1.82) is 0 Å². The first-order valence-corrected chi connectivity index (χ1v) is 4.60. The van der Waals surface area contributed by atoms with Gasteiger partial charge in [0.1, 0.15) is 0 Å². The fourth-order valence-corrected chi connectivity index (χ4v) is 2.33. The number of rotatable bonds is 0. The number of fused-ring (bicyclic) bond motifs is 3. The molecule has 0 bridgehead atoms. The average molecular weight is 169 g/mol. The molecule has 1 aromatic rings. The maximum atomic E-state index is 6.12. The highest BCUT2D eigenvalue weighted by Gasteiger charge is 2.32. The largest absolute Gasteiger partial charge is 0.320 e. The average Bonchev–Trinajstić information content (AvgIpc) is 2.72. The lowest BCUT2D eigenvalue weighted by atomic mass is 10.0. The molecule has 0 fully saturated rings. The smallest absolute Gasteiger partial charge is 0.0526 e. The van der Waals surface area contributed by atoms with Crippen molar-refractivity contribution < 1.29 is 0 Å².